The van der Waals surface area contributed by atoms with Crippen LogP contribution in [-0.4, -0.2) is 43.0 Å². The molecule has 0 rings (SSSR count). The van der Waals surface area contributed by atoms with E-state index in [1.54, 1.807) is 13.0 Å². The van der Waals surface area contributed by atoms with E-state index in [1.807, 2.05) is 20.8 Å². The molecule has 0 aromatic carbocycles. The first-order chi connectivity index (χ1) is 9.83. The van der Waals surface area contributed by atoms with E-state index in [9.17, 15) is 9.59 Å². The largest absolute Gasteiger partial charge is 0.355 e. The Morgan fingerprint density at radius 1 is 1.24 bits per heavy atom. The molecule has 0 radical (unpaired) electrons. The van der Waals surface area contributed by atoms with Gasteiger partial charge < -0.3 is 21.7 Å². The molecule has 2 amide bonds. The van der Waals surface area contributed by atoms with Crippen molar-refractivity contribution in [2.75, 3.05) is 13.1 Å². The summed E-state index contributed by atoms with van der Waals surface area (Å²) in [6, 6.07) is -0.998. The highest BCUT2D eigenvalue weighted by Gasteiger charge is 2.25. The lowest BCUT2D eigenvalue weighted by Crippen LogP contribution is -2.54. The van der Waals surface area contributed by atoms with Crippen molar-refractivity contribution >= 4 is 11.8 Å². The first-order valence-corrected chi connectivity index (χ1v) is 7.51. The van der Waals surface area contributed by atoms with Crippen molar-refractivity contribution in [1.82, 2.24) is 16.0 Å². The number of carbonyl (C=O) groups is 2. The molecular formula is C15H30N4O2. The molecule has 0 saturated carbocycles. The van der Waals surface area contributed by atoms with E-state index in [0.29, 0.717) is 19.5 Å². The maximum atomic E-state index is 12.1. The molecule has 3 atom stereocenters. The molecule has 0 saturated heterocycles. The van der Waals surface area contributed by atoms with Crippen LogP contribution in [0, 0.1) is 5.92 Å². The maximum Gasteiger partial charge on any atom is 0.242 e. The molecule has 0 aromatic heterocycles. The average molecular weight is 298 g/mol. The second-order valence-corrected chi connectivity index (χ2v) is 5.54. The molecule has 0 aromatic rings. The third kappa shape index (κ3) is 7.82. The molecule has 0 heterocycles. The van der Waals surface area contributed by atoms with Gasteiger partial charge in [-0.15, -0.1) is 6.58 Å². The van der Waals surface area contributed by atoms with Gasteiger partial charge in [-0.25, -0.2) is 0 Å². The summed E-state index contributed by atoms with van der Waals surface area (Å²) in [6.45, 7) is 12.1. The lowest BCUT2D eigenvalue weighted by Gasteiger charge is -2.24. The fourth-order valence-electron chi connectivity index (χ4n) is 1.82. The first kappa shape index (κ1) is 19.6. The average Bonchev–Trinajstić information content (AvgIpc) is 2.41. The topological polar surface area (TPSA) is 96.2 Å². The van der Waals surface area contributed by atoms with Crippen LogP contribution >= 0.6 is 0 Å². The molecule has 122 valence electrons. The fraction of sp³-hybridized carbons (Fsp3) is 0.733. The Bertz CT molecular complexity index is 345. The van der Waals surface area contributed by atoms with Crippen LogP contribution in [0.1, 0.15) is 34.1 Å². The Morgan fingerprint density at radius 3 is 2.33 bits per heavy atom. The third-order valence-corrected chi connectivity index (χ3v) is 3.15. The van der Waals surface area contributed by atoms with Crippen molar-refractivity contribution in [2.45, 2.75) is 52.2 Å². The second kappa shape index (κ2) is 10.3. The highest BCUT2D eigenvalue weighted by molar-refractivity contribution is 5.89. The molecule has 0 unspecified atom stereocenters. The van der Waals surface area contributed by atoms with E-state index in [4.69, 9.17) is 5.73 Å². The molecule has 0 aliphatic heterocycles. The number of hydrogen-bond donors (Lipinski definition) is 4. The first-order valence-electron chi connectivity index (χ1n) is 7.51. The van der Waals surface area contributed by atoms with Crippen molar-refractivity contribution in [1.29, 1.82) is 0 Å². The van der Waals surface area contributed by atoms with Gasteiger partial charge in [0.1, 0.15) is 6.04 Å². The minimum absolute atomic E-state index is 0.0238. The summed E-state index contributed by atoms with van der Waals surface area (Å²) in [5, 5.41) is 8.58. The normalized spacial score (nSPS) is 15.1. The second-order valence-electron chi connectivity index (χ2n) is 5.54. The van der Waals surface area contributed by atoms with Crippen LogP contribution in [0.2, 0.25) is 0 Å². The molecule has 0 spiro atoms. The molecule has 6 nitrogen and oxygen atoms in total. The Hall–Kier alpha value is -1.40. The number of rotatable bonds is 10. The van der Waals surface area contributed by atoms with E-state index in [2.05, 4.69) is 22.5 Å². The quantitative estimate of drug-likeness (QED) is 0.432. The zero-order valence-corrected chi connectivity index (χ0v) is 13.6. The van der Waals surface area contributed by atoms with Crippen molar-refractivity contribution in [3.63, 3.8) is 0 Å². The third-order valence-electron chi connectivity index (χ3n) is 3.15. The Kier molecular flexibility index (Phi) is 9.65. The zero-order valence-electron chi connectivity index (χ0n) is 13.6. The van der Waals surface area contributed by atoms with Gasteiger partial charge >= 0.3 is 0 Å². The van der Waals surface area contributed by atoms with Crippen LogP contribution < -0.4 is 21.7 Å². The molecule has 0 bridgehead atoms. The summed E-state index contributed by atoms with van der Waals surface area (Å²) in [4.78, 5) is 24.0. The monoisotopic (exact) mass is 298 g/mol. The smallest absolute Gasteiger partial charge is 0.242 e. The van der Waals surface area contributed by atoms with Gasteiger partial charge in [0.2, 0.25) is 11.8 Å². The van der Waals surface area contributed by atoms with Gasteiger partial charge in [0.15, 0.2) is 0 Å². The SMILES string of the molecule is C=CC[C@H](N)CN[C@@H](C)C(=O)N[C@H](C(=O)NCC)C(C)C. The number of nitrogens with two attached hydrogens (primary N) is 1. The van der Waals surface area contributed by atoms with Crippen LogP contribution in [0.4, 0.5) is 0 Å². The number of nitrogens with one attached hydrogen (secondary N) is 3. The molecule has 6 heteroatoms. The number of amides is 2. The highest BCUT2D eigenvalue weighted by atomic mass is 16.2. The summed E-state index contributed by atoms with van der Waals surface area (Å²) in [5.41, 5.74) is 5.84. The van der Waals surface area contributed by atoms with E-state index in [1.165, 1.54) is 0 Å². The minimum Gasteiger partial charge on any atom is -0.355 e. The van der Waals surface area contributed by atoms with Crippen molar-refractivity contribution in [2.24, 2.45) is 11.7 Å². The molecule has 0 aliphatic rings. The Balaban J connectivity index is 4.41. The van der Waals surface area contributed by atoms with Crippen molar-refractivity contribution < 1.29 is 9.59 Å². The maximum absolute atomic E-state index is 12.1. The van der Waals surface area contributed by atoms with Gasteiger partial charge in [-0.2, -0.15) is 0 Å². The molecule has 0 fully saturated rings. The predicted molar refractivity (Wildman–Crippen MR) is 85.7 cm³/mol. The molecule has 5 N–H and O–H groups in total. The number of hydrogen-bond acceptors (Lipinski definition) is 4. The molecular weight excluding hydrogens is 268 g/mol. The lowest BCUT2D eigenvalue weighted by molar-refractivity contribution is -0.130. The minimum atomic E-state index is -0.524. The fourth-order valence-corrected chi connectivity index (χ4v) is 1.82. The Morgan fingerprint density at radius 2 is 1.86 bits per heavy atom. The van der Waals surface area contributed by atoms with Gasteiger partial charge in [-0.1, -0.05) is 19.9 Å². The summed E-state index contributed by atoms with van der Waals surface area (Å²) in [5.74, 6) is -0.335. The van der Waals surface area contributed by atoms with E-state index in [0.717, 1.165) is 0 Å². The summed E-state index contributed by atoms with van der Waals surface area (Å²) >= 11 is 0. The van der Waals surface area contributed by atoms with Gasteiger partial charge in [0.05, 0.1) is 6.04 Å². The lowest BCUT2D eigenvalue weighted by atomic mass is 10.0. The van der Waals surface area contributed by atoms with Crippen LogP contribution in [0.3, 0.4) is 0 Å². The van der Waals surface area contributed by atoms with Crippen molar-refractivity contribution in [3.8, 4) is 0 Å². The van der Waals surface area contributed by atoms with E-state index < -0.39 is 12.1 Å². The van der Waals surface area contributed by atoms with E-state index in [-0.39, 0.29) is 23.8 Å². The summed E-state index contributed by atoms with van der Waals surface area (Å²) in [7, 11) is 0. The van der Waals surface area contributed by atoms with E-state index >= 15 is 0 Å². The summed E-state index contributed by atoms with van der Waals surface area (Å²) in [6.07, 6.45) is 2.44. The van der Waals surface area contributed by atoms with Crippen LogP contribution in [0.15, 0.2) is 12.7 Å². The number of carbonyl (C=O) groups excluding carboxylic acids is 2. The molecule has 21 heavy (non-hydrogen) atoms. The van der Waals surface area contributed by atoms with Gasteiger partial charge in [-0.3, -0.25) is 9.59 Å². The van der Waals surface area contributed by atoms with Crippen LogP contribution in [-0.2, 0) is 9.59 Å². The predicted octanol–water partition coefficient (Wildman–Crippen LogP) is 0.145. The van der Waals surface area contributed by atoms with Gasteiger partial charge in [-0.05, 0) is 26.2 Å². The van der Waals surface area contributed by atoms with Crippen LogP contribution in [0.25, 0.3) is 0 Å². The van der Waals surface area contributed by atoms with Crippen molar-refractivity contribution in [3.05, 3.63) is 12.7 Å². The molecule has 0 aliphatic carbocycles. The zero-order chi connectivity index (χ0) is 16.4. The Labute approximate surface area is 127 Å². The number of likely N-dealkylation sites (N-methyl/N-ethyl adjacent to an activating group) is 1. The van der Waals surface area contributed by atoms with Gasteiger partial charge in [0, 0.05) is 19.1 Å². The highest BCUT2D eigenvalue weighted by Crippen LogP contribution is 2.02. The van der Waals surface area contributed by atoms with Crippen LogP contribution in [0.5, 0.6) is 0 Å². The summed E-state index contributed by atoms with van der Waals surface area (Å²) < 4.78 is 0. The van der Waals surface area contributed by atoms with Gasteiger partial charge in [0.25, 0.3) is 0 Å². The standard InChI is InChI=1S/C15H30N4O2/c1-6-8-12(16)9-18-11(5)14(20)19-13(10(3)4)15(21)17-7-2/h6,10-13,18H,1,7-9,16H2,2-5H3,(H,17,21)(H,19,20)/t11-,12-,13-/m0/s1.